The van der Waals surface area contributed by atoms with Gasteiger partial charge in [-0.2, -0.15) is 0 Å². The van der Waals surface area contributed by atoms with Crippen LogP contribution in [-0.2, 0) is 9.59 Å². The molecular formula is C9H11NO3. The third-order valence-electron chi connectivity index (χ3n) is 2.41. The zero-order chi connectivity index (χ0) is 9.42. The molecule has 2 rings (SSSR count). The standard InChI is InChI=1S/C9H11NO3/c11-8-4-1-6(9(12)13)5-10(8)7-2-3-7/h5,7H,1-4H2,(H,12,13). The first-order valence-corrected chi connectivity index (χ1v) is 4.43. The number of amides is 1. The minimum Gasteiger partial charge on any atom is -0.478 e. The average Bonchev–Trinajstić information content (AvgIpc) is 2.87. The van der Waals surface area contributed by atoms with Gasteiger partial charge < -0.3 is 10.0 Å². The van der Waals surface area contributed by atoms with Crippen molar-refractivity contribution < 1.29 is 14.7 Å². The molecule has 1 fully saturated rings. The van der Waals surface area contributed by atoms with Gasteiger partial charge in [-0.1, -0.05) is 0 Å². The van der Waals surface area contributed by atoms with Crippen molar-refractivity contribution in [3.05, 3.63) is 11.8 Å². The molecule has 1 aliphatic heterocycles. The van der Waals surface area contributed by atoms with Crippen LogP contribution in [0.5, 0.6) is 0 Å². The largest absolute Gasteiger partial charge is 0.478 e. The Hall–Kier alpha value is -1.32. The van der Waals surface area contributed by atoms with Crippen molar-refractivity contribution in [2.45, 2.75) is 31.7 Å². The first kappa shape index (κ1) is 8.29. The molecule has 4 heteroatoms. The second kappa shape index (κ2) is 2.87. The number of hydrogen-bond donors (Lipinski definition) is 1. The van der Waals surface area contributed by atoms with Crippen LogP contribution in [0.4, 0.5) is 0 Å². The van der Waals surface area contributed by atoms with Crippen LogP contribution in [0.3, 0.4) is 0 Å². The number of nitrogens with zero attached hydrogens (tertiary/aromatic N) is 1. The Morgan fingerprint density at radius 2 is 2.15 bits per heavy atom. The second-order valence-corrected chi connectivity index (χ2v) is 3.49. The molecule has 13 heavy (non-hydrogen) atoms. The van der Waals surface area contributed by atoms with Crippen LogP contribution in [0.25, 0.3) is 0 Å². The maximum Gasteiger partial charge on any atom is 0.333 e. The summed E-state index contributed by atoms with van der Waals surface area (Å²) in [5.41, 5.74) is 0.353. The van der Waals surface area contributed by atoms with Crippen molar-refractivity contribution in [3.8, 4) is 0 Å². The van der Waals surface area contributed by atoms with Crippen molar-refractivity contribution in [2.24, 2.45) is 0 Å². The van der Waals surface area contributed by atoms with E-state index in [1.165, 1.54) is 6.20 Å². The maximum absolute atomic E-state index is 11.3. The Kier molecular flexibility index (Phi) is 1.83. The molecule has 0 unspecified atom stereocenters. The van der Waals surface area contributed by atoms with E-state index in [9.17, 15) is 9.59 Å². The van der Waals surface area contributed by atoms with E-state index in [4.69, 9.17) is 5.11 Å². The first-order chi connectivity index (χ1) is 6.18. The fourth-order valence-electron chi connectivity index (χ4n) is 1.50. The lowest BCUT2D eigenvalue weighted by Gasteiger charge is -2.23. The van der Waals surface area contributed by atoms with Gasteiger partial charge in [0, 0.05) is 18.7 Å². The number of carboxylic acid groups (broad SMARTS) is 1. The molecule has 0 saturated heterocycles. The Morgan fingerprint density at radius 1 is 1.46 bits per heavy atom. The minimum absolute atomic E-state index is 0.0625. The van der Waals surface area contributed by atoms with Crippen LogP contribution in [-0.4, -0.2) is 27.9 Å². The minimum atomic E-state index is -0.904. The molecule has 70 valence electrons. The molecule has 0 radical (unpaired) electrons. The second-order valence-electron chi connectivity index (χ2n) is 3.49. The quantitative estimate of drug-likeness (QED) is 0.683. The van der Waals surface area contributed by atoms with E-state index in [0.29, 0.717) is 18.4 Å². The average molecular weight is 181 g/mol. The third-order valence-corrected chi connectivity index (χ3v) is 2.41. The van der Waals surface area contributed by atoms with Gasteiger partial charge in [0.1, 0.15) is 0 Å². The molecule has 0 atom stereocenters. The van der Waals surface area contributed by atoms with Crippen molar-refractivity contribution in [3.63, 3.8) is 0 Å². The van der Waals surface area contributed by atoms with Crippen LogP contribution in [0.2, 0.25) is 0 Å². The molecule has 1 aliphatic carbocycles. The predicted octanol–water partition coefficient (Wildman–Crippen LogP) is 0.740. The summed E-state index contributed by atoms with van der Waals surface area (Å²) in [7, 11) is 0. The molecule has 0 bridgehead atoms. The van der Waals surface area contributed by atoms with Gasteiger partial charge in [-0.15, -0.1) is 0 Å². The molecule has 1 N–H and O–H groups in total. The smallest absolute Gasteiger partial charge is 0.333 e. The molecule has 1 heterocycles. The monoisotopic (exact) mass is 181 g/mol. The Morgan fingerprint density at radius 3 is 2.69 bits per heavy atom. The summed E-state index contributed by atoms with van der Waals surface area (Å²) in [5, 5.41) is 8.74. The van der Waals surface area contributed by atoms with Crippen LogP contribution < -0.4 is 0 Å². The lowest BCUT2D eigenvalue weighted by Crippen LogP contribution is -2.32. The topological polar surface area (TPSA) is 57.6 Å². The summed E-state index contributed by atoms with van der Waals surface area (Å²) in [6, 6.07) is 0.280. The summed E-state index contributed by atoms with van der Waals surface area (Å²) in [6.45, 7) is 0. The van der Waals surface area contributed by atoms with Crippen molar-refractivity contribution in [1.82, 2.24) is 4.90 Å². The zero-order valence-electron chi connectivity index (χ0n) is 7.19. The van der Waals surface area contributed by atoms with E-state index in [1.807, 2.05) is 0 Å². The molecule has 1 amide bonds. The molecule has 0 aromatic rings. The Balaban J connectivity index is 2.18. The van der Waals surface area contributed by atoms with Gasteiger partial charge in [0.25, 0.3) is 0 Å². The summed E-state index contributed by atoms with van der Waals surface area (Å²) in [5.74, 6) is -0.842. The lowest BCUT2D eigenvalue weighted by molar-refractivity contribution is -0.134. The highest BCUT2D eigenvalue weighted by Crippen LogP contribution is 2.31. The summed E-state index contributed by atoms with van der Waals surface area (Å²) in [6.07, 6.45) is 4.24. The van der Waals surface area contributed by atoms with Crippen LogP contribution in [0.15, 0.2) is 11.8 Å². The van der Waals surface area contributed by atoms with Crippen LogP contribution in [0.1, 0.15) is 25.7 Å². The van der Waals surface area contributed by atoms with Crippen LogP contribution in [0, 0.1) is 0 Å². The highest BCUT2D eigenvalue weighted by atomic mass is 16.4. The van der Waals surface area contributed by atoms with E-state index >= 15 is 0 Å². The Labute approximate surface area is 75.8 Å². The van der Waals surface area contributed by atoms with Gasteiger partial charge in [0.2, 0.25) is 5.91 Å². The lowest BCUT2D eigenvalue weighted by atomic mass is 10.1. The fourth-order valence-corrected chi connectivity index (χ4v) is 1.50. The molecular weight excluding hydrogens is 170 g/mol. The van der Waals surface area contributed by atoms with Gasteiger partial charge in [0.15, 0.2) is 0 Å². The molecule has 0 spiro atoms. The number of carboxylic acids is 1. The molecule has 4 nitrogen and oxygen atoms in total. The summed E-state index contributed by atoms with van der Waals surface area (Å²) < 4.78 is 0. The summed E-state index contributed by atoms with van der Waals surface area (Å²) >= 11 is 0. The zero-order valence-corrected chi connectivity index (χ0v) is 7.19. The van der Waals surface area contributed by atoms with E-state index in [-0.39, 0.29) is 11.9 Å². The highest BCUT2D eigenvalue weighted by molar-refractivity contribution is 5.91. The highest BCUT2D eigenvalue weighted by Gasteiger charge is 2.34. The maximum atomic E-state index is 11.3. The van der Waals surface area contributed by atoms with E-state index in [1.54, 1.807) is 4.90 Å². The van der Waals surface area contributed by atoms with Crippen LogP contribution >= 0.6 is 0 Å². The Bertz CT molecular complexity index is 291. The van der Waals surface area contributed by atoms with Gasteiger partial charge in [0.05, 0.1) is 5.57 Å². The van der Waals surface area contributed by atoms with E-state index in [2.05, 4.69) is 0 Å². The van der Waals surface area contributed by atoms with E-state index in [0.717, 1.165) is 12.8 Å². The predicted molar refractivity (Wildman–Crippen MR) is 44.8 cm³/mol. The number of aliphatic carboxylic acids is 1. The number of carbonyl (C=O) groups excluding carboxylic acids is 1. The van der Waals surface area contributed by atoms with Gasteiger partial charge in [-0.25, -0.2) is 4.79 Å². The van der Waals surface area contributed by atoms with Gasteiger partial charge in [-0.3, -0.25) is 4.79 Å². The van der Waals surface area contributed by atoms with E-state index < -0.39 is 5.97 Å². The SMILES string of the molecule is O=C(O)C1=CN(C2CC2)C(=O)CC1. The summed E-state index contributed by atoms with van der Waals surface area (Å²) in [4.78, 5) is 23.6. The molecule has 0 aromatic carbocycles. The molecule has 2 aliphatic rings. The fraction of sp³-hybridized carbons (Fsp3) is 0.556. The van der Waals surface area contributed by atoms with Crippen molar-refractivity contribution >= 4 is 11.9 Å². The number of carbonyl (C=O) groups is 2. The van der Waals surface area contributed by atoms with Gasteiger partial charge in [-0.05, 0) is 19.3 Å². The number of rotatable bonds is 2. The molecule has 0 aromatic heterocycles. The normalized spacial score (nSPS) is 22.9. The molecule has 1 saturated carbocycles. The number of hydrogen-bond acceptors (Lipinski definition) is 2. The van der Waals surface area contributed by atoms with Crippen molar-refractivity contribution in [2.75, 3.05) is 0 Å². The third kappa shape index (κ3) is 1.56. The van der Waals surface area contributed by atoms with Gasteiger partial charge >= 0.3 is 5.97 Å². The first-order valence-electron chi connectivity index (χ1n) is 4.43. The van der Waals surface area contributed by atoms with Crippen molar-refractivity contribution in [1.29, 1.82) is 0 Å².